The highest BCUT2D eigenvalue weighted by Crippen LogP contribution is 2.18. The summed E-state index contributed by atoms with van der Waals surface area (Å²) < 4.78 is 26.5. The second kappa shape index (κ2) is 12.4. The molecule has 2 rings (SSSR count). The quantitative estimate of drug-likeness (QED) is 0.338. The van der Waals surface area contributed by atoms with Gasteiger partial charge >= 0.3 is 6.55 Å². The van der Waals surface area contributed by atoms with Crippen LogP contribution in [0.2, 0.25) is 0 Å². The van der Waals surface area contributed by atoms with E-state index in [1.807, 2.05) is 6.92 Å². The van der Waals surface area contributed by atoms with Crippen molar-refractivity contribution in [3.05, 3.63) is 18.2 Å². The van der Waals surface area contributed by atoms with Gasteiger partial charge in [-0.3, -0.25) is 9.47 Å². The Balaban J connectivity index is 0.00000338. The molecule has 0 aliphatic carbocycles. The largest absolute Gasteiger partial charge is 0.357 e. The van der Waals surface area contributed by atoms with Gasteiger partial charge in [-0.25, -0.2) is 9.98 Å². The van der Waals surface area contributed by atoms with Gasteiger partial charge in [0.15, 0.2) is 5.96 Å². The number of nitrogens with zero attached hydrogens (tertiary/aromatic N) is 4. The molecule has 0 saturated carbocycles. The van der Waals surface area contributed by atoms with Crippen molar-refractivity contribution in [2.75, 3.05) is 26.2 Å². The fraction of sp³-hybridized carbons (Fsp3) is 0.765. The van der Waals surface area contributed by atoms with Crippen LogP contribution in [0, 0.1) is 0 Å². The van der Waals surface area contributed by atoms with E-state index in [1.165, 1.54) is 38.1 Å². The summed E-state index contributed by atoms with van der Waals surface area (Å²) in [6.07, 6.45) is 7.70. The predicted octanol–water partition coefficient (Wildman–Crippen LogP) is 3.22. The van der Waals surface area contributed by atoms with Crippen molar-refractivity contribution >= 4 is 29.9 Å². The van der Waals surface area contributed by atoms with Crippen LogP contribution in [0.25, 0.3) is 0 Å². The van der Waals surface area contributed by atoms with Crippen LogP contribution in [0.3, 0.4) is 0 Å². The summed E-state index contributed by atoms with van der Waals surface area (Å²) in [4.78, 5) is 10.9. The zero-order chi connectivity index (χ0) is 18.1. The lowest BCUT2D eigenvalue weighted by molar-refractivity contribution is 0.0671. The Labute approximate surface area is 171 Å². The SMILES string of the molecule is CCNC(=NCc1nccn1C(F)F)NCCN1CCCCC1CC.I. The Bertz CT molecular complexity index is 537. The second-order valence-corrected chi connectivity index (χ2v) is 6.24. The third kappa shape index (κ3) is 6.98. The van der Waals surface area contributed by atoms with Gasteiger partial charge in [0.2, 0.25) is 0 Å². The molecule has 0 radical (unpaired) electrons. The number of imidazole rings is 1. The molecule has 150 valence electrons. The monoisotopic (exact) mass is 484 g/mol. The number of piperidine rings is 1. The third-order valence-corrected chi connectivity index (χ3v) is 4.59. The first-order valence-corrected chi connectivity index (χ1v) is 9.21. The van der Waals surface area contributed by atoms with E-state index >= 15 is 0 Å². The van der Waals surface area contributed by atoms with E-state index in [4.69, 9.17) is 0 Å². The van der Waals surface area contributed by atoms with Gasteiger partial charge in [0.05, 0.1) is 0 Å². The standard InChI is InChI=1S/C17H30F2N6.HI/c1-3-14-7-5-6-10-24(14)11-8-22-17(20-4-2)23-13-15-21-9-12-25(15)16(18)19;/h9,12,14,16H,3-8,10-11,13H2,1-2H3,(H2,20,22,23);1H. The van der Waals surface area contributed by atoms with Crippen LogP contribution >= 0.6 is 24.0 Å². The van der Waals surface area contributed by atoms with Crippen molar-refractivity contribution in [1.82, 2.24) is 25.1 Å². The minimum Gasteiger partial charge on any atom is -0.357 e. The van der Waals surface area contributed by atoms with Gasteiger partial charge in [-0.15, -0.1) is 24.0 Å². The van der Waals surface area contributed by atoms with Crippen molar-refractivity contribution in [1.29, 1.82) is 0 Å². The van der Waals surface area contributed by atoms with Crippen molar-refractivity contribution in [3.8, 4) is 0 Å². The summed E-state index contributed by atoms with van der Waals surface area (Å²) in [5, 5.41) is 6.45. The number of likely N-dealkylation sites (tertiary alicyclic amines) is 1. The summed E-state index contributed by atoms with van der Waals surface area (Å²) >= 11 is 0. The van der Waals surface area contributed by atoms with Crippen molar-refractivity contribution < 1.29 is 8.78 Å². The predicted molar refractivity (Wildman–Crippen MR) is 111 cm³/mol. The molecule has 0 bridgehead atoms. The first-order valence-electron chi connectivity index (χ1n) is 9.21. The van der Waals surface area contributed by atoms with Crippen LogP contribution in [0.15, 0.2) is 17.4 Å². The van der Waals surface area contributed by atoms with Crippen LogP contribution in [0.5, 0.6) is 0 Å². The molecule has 1 aromatic heterocycles. The van der Waals surface area contributed by atoms with E-state index in [2.05, 4.69) is 32.4 Å². The Hall–Kier alpha value is -0.970. The fourth-order valence-electron chi connectivity index (χ4n) is 3.27. The average molecular weight is 484 g/mol. The summed E-state index contributed by atoms with van der Waals surface area (Å²) in [6, 6.07) is 0.675. The molecule has 1 aromatic rings. The molecule has 0 aromatic carbocycles. The molecule has 2 heterocycles. The maximum absolute atomic E-state index is 12.8. The molecule has 0 spiro atoms. The zero-order valence-electron chi connectivity index (χ0n) is 15.6. The summed E-state index contributed by atoms with van der Waals surface area (Å²) in [5.74, 6) is 0.894. The van der Waals surface area contributed by atoms with Gasteiger partial charge in [-0.2, -0.15) is 8.78 Å². The van der Waals surface area contributed by atoms with Crippen LogP contribution in [-0.4, -0.2) is 52.6 Å². The van der Waals surface area contributed by atoms with Crippen LogP contribution < -0.4 is 10.6 Å². The molecule has 1 aliphatic heterocycles. The molecule has 1 unspecified atom stereocenters. The molecule has 6 nitrogen and oxygen atoms in total. The topological polar surface area (TPSA) is 57.5 Å². The number of alkyl halides is 2. The first kappa shape index (κ1) is 23.1. The third-order valence-electron chi connectivity index (χ3n) is 4.59. The van der Waals surface area contributed by atoms with Crippen molar-refractivity contribution in [3.63, 3.8) is 0 Å². The number of rotatable bonds is 8. The van der Waals surface area contributed by atoms with Gasteiger partial charge in [-0.1, -0.05) is 13.3 Å². The Morgan fingerprint density at radius 2 is 2.15 bits per heavy atom. The average Bonchev–Trinajstić information content (AvgIpc) is 3.09. The molecule has 1 saturated heterocycles. The highest BCUT2D eigenvalue weighted by Gasteiger charge is 2.20. The van der Waals surface area contributed by atoms with Crippen LogP contribution in [-0.2, 0) is 6.54 Å². The van der Waals surface area contributed by atoms with E-state index in [1.54, 1.807) is 0 Å². The van der Waals surface area contributed by atoms with Gasteiger partial charge in [-0.05, 0) is 32.7 Å². The number of hydrogen-bond donors (Lipinski definition) is 2. The van der Waals surface area contributed by atoms with Gasteiger partial charge < -0.3 is 10.6 Å². The molecule has 26 heavy (non-hydrogen) atoms. The van der Waals surface area contributed by atoms with E-state index in [0.717, 1.165) is 30.7 Å². The molecule has 1 atom stereocenters. The Morgan fingerprint density at radius 1 is 1.35 bits per heavy atom. The first-order chi connectivity index (χ1) is 12.2. The highest BCUT2D eigenvalue weighted by molar-refractivity contribution is 14.0. The maximum atomic E-state index is 12.8. The maximum Gasteiger partial charge on any atom is 0.319 e. The minimum absolute atomic E-state index is 0. The lowest BCUT2D eigenvalue weighted by atomic mass is 10.0. The Morgan fingerprint density at radius 3 is 2.85 bits per heavy atom. The lowest BCUT2D eigenvalue weighted by Gasteiger charge is -2.35. The number of halogens is 3. The van der Waals surface area contributed by atoms with Crippen LogP contribution in [0.1, 0.15) is 51.9 Å². The number of nitrogens with one attached hydrogen (secondary N) is 2. The normalized spacial score (nSPS) is 18.7. The molecule has 1 fully saturated rings. The fourth-order valence-corrected chi connectivity index (χ4v) is 3.27. The number of guanidine groups is 1. The summed E-state index contributed by atoms with van der Waals surface area (Å²) in [7, 11) is 0. The Kier molecular flexibility index (Phi) is 11.0. The van der Waals surface area contributed by atoms with Gasteiger partial charge in [0, 0.05) is 38.1 Å². The smallest absolute Gasteiger partial charge is 0.319 e. The molecule has 9 heteroatoms. The van der Waals surface area contributed by atoms with Gasteiger partial charge in [0.1, 0.15) is 12.4 Å². The van der Waals surface area contributed by atoms with Gasteiger partial charge in [0.25, 0.3) is 0 Å². The number of hydrogen-bond acceptors (Lipinski definition) is 3. The number of aliphatic imine (C=N–C) groups is 1. The molecular formula is C17H31F2IN6. The van der Waals surface area contributed by atoms with Crippen molar-refractivity contribution in [2.45, 2.75) is 58.7 Å². The molecule has 2 N–H and O–H groups in total. The lowest BCUT2D eigenvalue weighted by Crippen LogP contribution is -2.45. The molecule has 0 amide bonds. The van der Waals surface area contributed by atoms with E-state index in [9.17, 15) is 8.78 Å². The molecular weight excluding hydrogens is 453 g/mol. The zero-order valence-corrected chi connectivity index (χ0v) is 18.0. The summed E-state index contributed by atoms with van der Waals surface area (Å²) in [5.41, 5.74) is 0. The van der Waals surface area contributed by atoms with E-state index < -0.39 is 6.55 Å². The van der Waals surface area contributed by atoms with E-state index in [-0.39, 0.29) is 36.3 Å². The van der Waals surface area contributed by atoms with Crippen LogP contribution in [0.4, 0.5) is 8.78 Å². The number of aromatic nitrogens is 2. The van der Waals surface area contributed by atoms with Crippen molar-refractivity contribution in [2.24, 2.45) is 4.99 Å². The molecule has 1 aliphatic rings. The second-order valence-electron chi connectivity index (χ2n) is 6.24. The minimum atomic E-state index is -2.59. The highest BCUT2D eigenvalue weighted by atomic mass is 127. The summed E-state index contributed by atoms with van der Waals surface area (Å²) in [6.45, 7) is 5.38. The van der Waals surface area contributed by atoms with E-state index in [0.29, 0.717) is 12.0 Å².